The lowest BCUT2D eigenvalue weighted by molar-refractivity contribution is 0.200. The molecular formula is C19H28BrNO2. The van der Waals surface area contributed by atoms with E-state index >= 15 is 0 Å². The first-order valence-electron chi connectivity index (χ1n) is 8.93. The minimum atomic E-state index is 0.0796. The zero-order chi connectivity index (χ0) is 16.3. The summed E-state index contributed by atoms with van der Waals surface area (Å²) in [7, 11) is 1.73. The topological polar surface area (TPSA) is 44.5 Å². The Kier molecular flexibility index (Phi) is 5.53. The van der Waals surface area contributed by atoms with Crippen LogP contribution in [0.4, 0.5) is 0 Å². The maximum atomic E-state index is 6.21. The van der Waals surface area contributed by atoms with Crippen LogP contribution in [-0.2, 0) is 5.41 Å². The van der Waals surface area contributed by atoms with Crippen molar-refractivity contribution in [3.05, 3.63) is 22.2 Å². The third-order valence-electron chi connectivity index (χ3n) is 5.62. The predicted octanol–water partition coefficient (Wildman–Crippen LogP) is 4.94. The fourth-order valence-electron chi connectivity index (χ4n) is 4.19. The zero-order valence-corrected chi connectivity index (χ0v) is 15.7. The summed E-state index contributed by atoms with van der Waals surface area (Å²) in [5.74, 6) is 1.70. The van der Waals surface area contributed by atoms with Gasteiger partial charge in [0.2, 0.25) is 0 Å². The second-order valence-corrected chi connectivity index (χ2v) is 7.91. The largest absolute Gasteiger partial charge is 0.493 e. The molecule has 2 N–H and O–H groups in total. The molecule has 128 valence electrons. The van der Waals surface area contributed by atoms with Crippen molar-refractivity contribution in [1.29, 1.82) is 0 Å². The van der Waals surface area contributed by atoms with Crippen LogP contribution in [0.3, 0.4) is 0 Å². The lowest BCUT2D eigenvalue weighted by Crippen LogP contribution is -2.37. The van der Waals surface area contributed by atoms with Gasteiger partial charge in [-0.1, -0.05) is 35.2 Å². The SMILES string of the molecule is COc1cc(C2(CN)CCCCC2)c(Br)cc1OC1CCCC1. The van der Waals surface area contributed by atoms with Gasteiger partial charge in [0.15, 0.2) is 11.5 Å². The van der Waals surface area contributed by atoms with Crippen molar-refractivity contribution in [2.75, 3.05) is 13.7 Å². The summed E-state index contributed by atoms with van der Waals surface area (Å²) in [6, 6.07) is 4.26. The quantitative estimate of drug-likeness (QED) is 0.785. The summed E-state index contributed by atoms with van der Waals surface area (Å²) < 4.78 is 13.0. The highest BCUT2D eigenvalue weighted by Gasteiger charge is 2.35. The van der Waals surface area contributed by atoms with Gasteiger partial charge >= 0.3 is 0 Å². The minimum absolute atomic E-state index is 0.0796. The average Bonchev–Trinajstić information content (AvgIpc) is 3.09. The lowest BCUT2D eigenvalue weighted by Gasteiger charge is -2.38. The first kappa shape index (κ1) is 17.1. The molecule has 3 rings (SSSR count). The predicted molar refractivity (Wildman–Crippen MR) is 97.4 cm³/mol. The summed E-state index contributed by atoms with van der Waals surface area (Å²) in [6.07, 6.45) is 11.3. The molecule has 0 saturated heterocycles. The molecule has 4 heteroatoms. The Balaban J connectivity index is 1.92. The van der Waals surface area contributed by atoms with E-state index in [1.807, 2.05) is 0 Å². The molecule has 0 unspecified atom stereocenters. The number of methoxy groups -OCH3 is 1. The van der Waals surface area contributed by atoms with Crippen molar-refractivity contribution >= 4 is 15.9 Å². The highest BCUT2D eigenvalue weighted by molar-refractivity contribution is 9.10. The smallest absolute Gasteiger partial charge is 0.162 e. The number of hydrogen-bond donors (Lipinski definition) is 1. The molecule has 0 aliphatic heterocycles. The number of hydrogen-bond acceptors (Lipinski definition) is 3. The third-order valence-corrected chi connectivity index (χ3v) is 6.28. The van der Waals surface area contributed by atoms with E-state index in [1.54, 1.807) is 7.11 Å². The standard InChI is InChI=1S/C19H28BrNO2/c1-22-17-11-15(19(13-21)9-5-2-6-10-19)16(20)12-18(17)23-14-7-3-4-8-14/h11-12,14H,2-10,13,21H2,1H3. The van der Waals surface area contributed by atoms with Gasteiger partial charge in [0.05, 0.1) is 13.2 Å². The maximum absolute atomic E-state index is 6.21. The molecule has 2 aliphatic carbocycles. The van der Waals surface area contributed by atoms with Crippen molar-refractivity contribution < 1.29 is 9.47 Å². The van der Waals surface area contributed by atoms with Crippen LogP contribution >= 0.6 is 15.9 Å². The minimum Gasteiger partial charge on any atom is -0.493 e. The van der Waals surface area contributed by atoms with Crippen molar-refractivity contribution in [2.45, 2.75) is 69.3 Å². The molecule has 1 aromatic carbocycles. The van der Waals surface area contributed by atoms with Gasteiger partial charge < -0.3 is 15.2 Å². The molecule has 0 radical (unpaired) electrons. The average molecular weight is 382 g/mol. The summed E-state index contributed by atoms with van der Waals surface area (Å²) >= 11 is 3.78. The van der Waals surface area contributed by atoms with E-state index in [9.17, 15) is 0 Å². The lowest BCUT2D eigenvalue weighted by atomic mass is 9.69. The van der Waals surface area contributed by atoms with Crippen LogP contribution in [0.25, 0.3) is 0 Å². The molecular weight excluding hydrogens is 354 g/mol. The van der Waals surface area contributed by atoms with E-state index in [0.29, 0.717) is 12.6 Å². The zero-order valence-electron chi connectivity index (χ0n) is 14.1. The summed E-state index contributed by atoms with van der Waals surface area (Å²) in [5.41, 5.74) is 7.57. The van der Waals surface area contributed by atoms with Gasteiger partial charge in [0.25, 0.3) is 0 Å². The molecule has 0 amide bonds. The highest BCUT2D eigenvalue weighted by atomic mass is 79.9. The van der Waals surface area contributed by atoms with E-state index in [2.05, 4.69) is 28.1 Å². The summed E-state index contributed by atoms with van der Waals surface area (Å²) in [5, 5.41) is 0. The number of benzene rings is 1. The van der Waals surface area contributed by atoms with Crippen molar-refractivity contribution in [1.82, 2.24) is 0 Å². The molecule has 2 aliphatic rings. The molecule has 0 heterocycles. The first-order chi connectivity index (χ1) is 11.2. The number of nitrogens with two attached hydrogens (primary N) is 1. The Hall–Kier alpha value is -0.740. The Morgan fingerprint density at radius 2 is 1.78 bits per heavy atom. The molecule has 23 heavy (non-hydrogen) atoms. The van der Waals surface area contributed by atoms with Gasteiger partial charge in [-0.25, -0.2) is 0 Å². The van der Waals surface area contributed by atoms with Crippen LogP contribution in [0.15, 0.2) is 16.6 Å². The van der Waals surface area contributed by atoms with Crippen molar-refractivity contribution in [3.63, 3.8) is 0 Å². The molecule has 0 atom stereocenters. The summed E-state index contributed by atoms with van der Waals surface area (Å²) in [4.78, 5) is 0. The number of rotatable bonds is 5. The molecule has 0 bridgehead atoms. The van der Waals surface area contributed by atoms with Crippen LogP contribution in [0.5, 0.6) is 11.5 Å². The highest BCUT2D eigenvalue weighted by Crippen LogP contribution is 2.46. The summed E-state index contributed by atoms with van der Waals surface area (Å²) in [6.45, 7) is 0.692. The van der Waals surface area contributed by atoms with Gasteiger partial charge in [-0.2, -0.15) is 0 Å². The Labute approximate surface area is 148 Å². The van der Waals surface area contributed by atoms with E-state index in [4.69, 9.17) is 15.2 Å². The van der Waals surface area contributed by atoms with Gasteiger partial charge in [0.1, 0.15) is 0 Å². The van der Waals surface area contributed by atoms with Crippen LogP contribution in [0, 0.1) is 0 Å². The molecule has 1 aromatic rings. The van der Waals surface area contributed by atoms with Gasteiger partial charge in [0, 0.05) is 16.4 Å². The van der Waals surface area contributed by atoms with Crippen molar-refractivity contribution in [3.8, 4) is 11.5 Å². The normalized spacial score (nSPS) is 21.3. The van der Waals surface area contributed by atoms with Crippen LogP contribution in [0.1, 0.15) is 63.4 Å². The first-order valence-corrected chi connectivity index (χ1v) is 9.72. The van der Waals surface area contributed by atoms with E-state index in [-0.39, 0.29) is 5.41 Å². The maximum Gasteiger partial charge on any atom is 0.162 e. The fourth-order valence-corrected chi connectivity index (χ4v) is 4.93. The van der Waals surface area contributed by atoms with Crippen molar-refractivity contribution in [2.24, 2.45) is 5.73 Å². The Bertz CT molecular complexity index is 534. The fraction of sp³-hybridized carbons (Fsp3) is 0.684. The van der Waals surface area contributed by atoms with Gasteiger partial charge in [-0.3, -0.25) is 0 Å². The molecule has 3 nitrogen and oxygen atoms in total. The molecule has 0 aromatic heterocycles. The second kappa shape index (κ2) is 7.43. The van der Waals surface area contributed by atoms with Crippen LogP contribution < -0.4 is 15.2 Å². The monoisotopic (exact) mass is 381 g/mol. The van der Waals surface area contributed by atoms with E-state index in [1.165, 1.54) is 37.7 Å². The van der Waals surface area contributed by atoms with E-state index < -0.39 is 0 Å². The van der Waals surface area contributed by atoms with Gasteiger partial charge in [-0.15, -0.1) is 0 Å². The number of halogens is 1. The second-order valence-electron chi connectivity index (χ2n) is 7.05. The van der Waals surface area contributed by atoms with E-state index in [0.717, 1.165) is 41.7 Å². The van der Waals surface area contributed by atoms with Crippen LogP contribution in [0.2, 0.25) is 0 Å². The Morgan fingerprint density at radius 1 is 1.09 bits per heavy atom. The number of ether oxygens (including phenoxy) is 2. The molecule has 2 saturated carbocycles. The third kappa shape index (κ3) is 3.53. The van der Waals surface area contributed by atoms with Gasteiger partial charge in [-0.05, 0) is 56.2 Å². The molecule has 0 spiro atoms. The molecule has 2 fully saturated rings. The van der Waals surface area contributed by atoms with Crippen LogP contribution in [-0.4, -0.2) is 19.8 Å². The Morgan fingerprint density at radius 3 is 2.39 bits per heavy atom.